The lowest BCUT2D eigenvalue weighted by atomic mass is 10.1. The van der Waals surface area contributed by atoms with E-state index in [1.165, 1.54) is 10.9 Å². The quantitative estimate of drug-likeness (QED) is 0.783. The number of hydrogen-bond acceptors (Lipinski definition) is 2. The smallest absolute Gasteiger partial charge is 0.128 e. The minimum Gasteiger partial charge on any atom is -0.493 e. The zero-order valence-electron chi connectivity index (χ0n) is 11.2. The number of aromatic nitrogens is 1. The molecule has 0 aliphatic carbocycles. The van der Waals surface area contributed by atoms with Gasteiger partial charge in [0.05, 0.1) is 6.61 Å². The number of aryl methyl sites for hydroxylation is 1. The molecule has 2 nitrogen and oxygen atoms in total. The average Bonchev–Trinajstić information content (AvgIpc) is 2.41. The van der Waals surface area contributed by atoms with Gasteiger partial charge in [0.15, 0.2) is 0 Å². The Kier molecular flexibility index (Phi) is 5.47. The van der Waals surface area contributed by atoms with Crippen LogP contribution in [-0.4, -0.2) is 11.6 Å². The van der Waals surface area contributed by atoms with Crippen molar-refractivity contribution in [2.45, 2.75) is 34.1 Å². The third kappa shape index (κ3) is 3.19. The molecule has 0 N–H and O–H groups in total. The first-order valence-electron chi connectivity index (χ1n) is 6.29. The van der Waals surface area contributed by atoms with Gasteiger partial charge in [-0.3, -0.25) is 4.98 Å². The lowest BCUT2D eigenvalue weighted by molar-refractivity contribution is 0.321. The summed E-state index contributed by atoms with van der Waals surface area (Å²) in [6.45, 7) is 8.97. The van der Waals surface area contributed by atoms with Crippen LogP contribution in [0.5, 0.6) is 5.75 Å². The lowest BCUT2D eigenvalue weighted by Crippen LogP contribution is -1.96. The largest absolute Gasteiger partial charge is 0.493 e. The minimum absolute atomic E-state index is 0.757. The third-order valence-electron chi connectivity index (χ3n) is 2.46. The molecule has 0 aliphatic heterocycles. The second-order valence-corrected chi connectivity index (χ2v) is 3.65. The molecule has 0 saturated carbocycles. The Morgan fingerprint density at radius 2 is 1.88 bits per heavy atom. The Labute approximate surface area is 104 Å². The van der Waals surface area contributed by atoms with Crippen LogP contribution in [0.2, 0.25) is 0 Å². The van der Waals surface area contributed by atoms with Crippen LogP contribution in [0.4, 0.5) is 0 Å². The van der Waals surface area contributed by atoms with Crippen LogP contribution in [0, 0.1) is 6.92 Å². The van der Waals surface area contributed by atoms with Gasteiger partial charge < -0.3 is 4.74 Å². The SMILES string of the molecule is CC.CCCOc1ccc(C)c2ccncc12. The lowest BCUT2D eigenvalue weighted by Gasteiger charge is -2.09. The third-order valence-corrected chi connectivity index (χ3v) is 2.46. The number of fused-ring (bicyclic) bond motifs is 1. The van der Waals surface area contributed by atoms with Gasteiger partial charge in [-0.15, -0.1) is 0 Å². The predicted molar refractivity (Wildman–Crippen MR) is 73.6 cm³/mol. The van der Waals surface area contributed by atoms with E-state index in [1.54, 1.807) is 0 Å². The highest BCUT2D eigenvalue weighted by molar-refractivity contribution is 5.90. The molecule has 0 spiro atoms. The Balaban J connectivity index is 0.000000686. The fourth-order valence-electron chi connectivity index (χ4n) is 1.65. The molecule has 2 heteroatoms. The van der Waals surface area contributed by atoms with Gasteiger partial charge >= 0.3 is 0 Å². The van der Waals surface area contributed by atoms with Gasteiger partial charge in [-0.05, 0) is 36.4 Å². The minimum atomic E-state index is 0.757. The van der Waals surface area contributed by atoms with Crippen LogP contribution in [-0.2, 0) is 0 Å². The Morgan fingerprint density at radius 1 is 1.12 bits per heavy atom. The van der Waals surface area contributed by atoms with E-state index in [-0.39, 0.29) is 0 Å². The van der Waals surface area contributed by atoms with Crippen LogP contribution >= 0.6 is 0 Å². The number of hydrogen-bond donors (Lipinski definition) is 0. The summed E-state index contributed by atoms with van der Waals surface area (Å²) in [5.74, 6) is 0.936. The molecule has 0 amide bonds. The number of rotatable bonds is 3. The first-order chi connectivity index (χ1) is 8.33. The summed E-state index contributed by atoms with van der Waals surface area (Å²) in [6, 6.07) is 6.14. The molecular weight excluding hydrogens is 210 g/mol. The van der Waals surface area contributed by atoms with Crippen molar-refractivity contribution >= 4 is 10.8 Å². The molecule has 0 saturated heterocycles. The predicted octanol–water partition coefficient (Wildman–Crippen LogP) is 4.36. The van der Waals surface area contributed by atoms with Gasteiger partial charge in [0, 0.05) is 17.8 Å². The van der Waals surface area contributed by atoms with Gasteiger partial charge in [0.1, 0.15) is 5.75 Å². The topological polar surface area (TPSA) is 22.1 Å². The van der Waals surface area contributed by atoms with E-state index < -0.39 is 0 Å². The van der Waals surface area contributed by atoms with Crippen LogP contribution in [0.25, 0.3) is 10.8 Å². The molecular formula is C15H21NO. The number of benzene rings is 1. The van der Waals surface area contributed by atoms with Gasteiger partial charge in [-0.2, -0.15) is 0 Å². The summed E-state index contributed by atoms with van der Waals surface area (Å²) in [6.07, 6.45) is 4.71. The first-order valence-corrected chi connectivity index (χ1v) is 6.29. The molecule has 0 aliphatic rings. The zero-order valence-corrected chi connectivity index (χ0v) is 11.2. The normalized spacial score (nSPS) is 9.65. The molecule has 92 valence electrons. The summed E-state index contributed by atoms with van der Waals surface area (Å²) in [5, 5.41) is 2.32. The molecule has 0 atom stereocenters. The van der Waals surface area contributed by atoms with E-state index in [1.807, 2.05) is 38.4 Å². The van der Waals surface area contributed by atoms with E-state index in [2.05, 4.69) is 24.9 Å². The van der Waals surface area contributed by atoms with Gasteiger partial charge in [-0.25, -0.2) is 0 Å². The van der Waals surface area contributed by atoms with Crippen LogP contribution < -0.4 is 4.74 Å². The standard InChI is InChI=1S/C13H15NO.C2H6/c1-3-8-15-13-5-4-10(2)11-6-7-14-9-12(11)13;1-2/h4-7,9H,3,8H2,1-2H3;1-2H3. The number of nitrogens with zero attached hydrogens (tertiary/aromatic N) is 1. The highest BCUT2D eigenvalue weighted by Gasteiger charge is 2.03. The molecule has 1 aromatic carbocycles. The van der Waals surface area contributed by atoms with Crippen molar-refractivity contribution in [3.63, 3.8) is 0 Å². The molecule has 17 heavy (non-hydrogen) atoms. The molecule has 0 bridgehead atoms. The summed E-state index contributed by atoms with van der Waals surface area (Å²) in [5.41, 5.74) is 1.26. The second-order valence-electron chi connectivity index (χ2n) is 3.65. The molecule has 0 radical (unpaired) electrons. The van der Waals surface area contributed by atoms with Gasteiger partial charge in [-0.1, -0.05) is 26.8 Å². The van der Waals surface area contributed by atoms with Crippen molar-refractivity contribution in [3.05, 3.63) is 36.2 Å². The highest BCUT2D eigenvalue weighted by Crippen LogP contribution is 2.27. The highest BCUT2D eigenvalue weighted by atomic mass is 16.5. The fourth-order valence-corrected chi connectivity index (χ4v) is 1.65. The monoisotopic (exact) mass is 231 g/mol. The summed E-state index contributed by atoms with van der Waals surface area (Å²) in [7, 11) is 0. The van der Waals surface area contributed by atoms with E-state index in [0.29, 0.717) is 0 Å². The number of pyridine rings is 1. The van der Waals surface area contributed by atoms with Crippen molar-refractivity contribution < 1.29 is 4.74 Å². The van der Waals surface area contributed by atoms with Crippen molar-refractivity contribution in [1.29, 1.82) is 0 Å². The van der Waals surface area contributed by atoms with Crippen LogP contribution in [0.3, 0.4) is 0 Å². The van der Waals surface area contributed by atoms with E-state index >= 15 is 0 Å². The fraction of sp³-hybridized carbons (Fsp3) is 0.400. The Hall–Kier alpha value is -1.57. The first kappa shape index (κ1) is 13.5. The Bertz CT molecular complexity index is 465. The van der Waals surface area contributed by atoms with Crippen molar-refractivity contribution in [3.8, 4) is 5.75 Å². The maximum absolute atomic E-state index is 5.68. The van der Waals surface area contributed by atoms with Gasteiger partial charge in [0.25, 0.3) is 0 Å². The average molecular weight is 231 g/mol. The molecule has 1 heterocycles. The maximum atomic E-state index is 5.68. The molecule has 0 unspecified atom stereocenters. The Morgan fingerprint density at radius 3 is 2.59 bits per heavy atom. The van der Waals surface area contributed by atoms with E-state index in [0.717, 1.165) is 24.2 Å². The molecule has 1 aromatic heterocycles. The van der Waals surface area contributed by atoms with Crippen molar-refractivity contribution in [2.24, 2.45) is 0 Å². The van der Waals surface area contributed by atoms with E-state index in [4.69, 9.17) is 4.74 Å². The molecule has 2 aromatic rings. The van der Waals surface area contributed by atoms with Crippen LogP contribution in [0.1, 0.15) is 32.8 Å². The summed E-state index contributed by atoms with van der Waals surface area (Å²) < 4.78 is 5.68. The summed E-state index contributed by atoms with van der Waals surface area (Å²) in [4.78, 5) is 4.14. The van der Waals surface area contributed by atoms with Crippen molar-refractivity contribution in [2.75, 3.05) is 6.61 Å². The van der Waals surface area contributed by atoms with Crippen LogP contribution in [0.15, 0.2) is 30.6 Å². The summed E-state index contributed by atoms with van der Waals surface area (Å²) >= 11 is 0. The van der Waals surface area contributed by atoms with Gasteiger partial charge in [0.2, 0.25) is 0 Å². The molecule has 0 fully saturated rings. The van der Waals surface area contributed by atoms with Crippen molar-refractivity contribution in [1.82, 2.24) is 4.98 Å². The zero-order chi connectivity index (χ0) is 12.7. The molecule has 2 rings (SSSR count). The second kappa shape index (κ2) is 6.89. The van der Waals surface area contributed by atoms with E-state index in [9.17, 15) is 0 Å². The maximum Gasteiger partial charge on any atom is 0.128 e. The number of ether oxygens (including phenoxy) is 1.